The van der Waals surface area contributed by atoms with E-state index in [9.17, 15) is 0 Å². The third-order valence-corrected chi connectivity index (χ3v) is 11.9. The highest BCUT2D eigenvalue weighted by Crippen LogP contribution is 2.50. The molecule has 0 spiro atoms. The van der Waals surface area contributed by atoms with Crippen molar-refractivity contribution < 1.29 is 0 Å². The summed E-state index contributed by atoms with van der Waals surface area (Å²) in [6.45, 7) is 19.6. The van der Waals surface area contributed by atoms with Gasteiger partial charge in [-0.3, -0.25) is 0 Å². The first-order valence-corrected chi connectivity index (χ1v) is 19.4. The summed E-state index contributed by atoms with van der Waals surface area (Å²) in [5, 5.41) is 0.767. The van der Waals surface area contributed by atoms with Crippen LogP contribution in [-0.2, 0) is 0 Å². The quantitative estimate of drug-likeness (QED) is 0.191. The average molecular weight is 627 g/mol. The number of piperidine rings is 2. The second kappa shape index (κ2) is 19.7. The van der Waals surface area contributed by atoms with E-state index in [-0.39, 0.29) is 0 Å². The zero-order chi connectivity index (χ0) is 31.8. The second-order valence-corrected chi connectivity index (χ2v) is 15.9. The van der Waals surface area contributed by atoms with E-state index >= 15 is 0 Å². The molecular formula is C39H63ClN2S. The van der Waals surface area contributed by atoms with E-state index in [4.69, 9.17) is 23.3 Å². The van der Waals surface area contributed by atoms with E-state index in [0.717, 1.165) is 10.9 Å². The lowest BCUT2D eigenvalue weighted by Crippen LogP contribution is -2.39. The van der Waals surface area contributed by atoms with Crippen molar-refractivity contribution in [3.63, 3.8) is 0 Å². The maximum atomic E-state index is 6.14. The lowest BCUT2D eigenvalue weighted by molar-refractivity contribution is 0.186. The fourth-order valence-electron chi connectivity index (χ4n) is 6.17. The highest BCUT2D eigenvalue weighted by atomic mass is 35.5. The van der Waals surface area contributed by atoms with Gasteiger partial charge in [0.05, 0.1) is 0 Å². The molecule has 2 aromatic rings. The van der Waals surface area contributed by atoms with Crippen LogP contribution in [-0.4, -0.2) is 40.1 Å². The van der Waals surface area contributed by atoms with E-state index in [0.29, 0.717) is 12.1 Å². The van der Waals surface area contributed by atoms with E-state index < -0.39 is 9.39 Å². The van der Waals surface area contributed by atoms with E-state index in [2.05, 4.69) is 87.7 Å². The van der Waals surface area contributed by atoms with Gasteiger partial charge in [0.15, 0.2) is 0 Å². The Kier molecular flexibility index (Phi) is 17.1. The molecule has 242 valence electrons. The van der Waals surface area contributed by atoms with Crippen molar-refractivity contribution in [2.24, 2.45) is 5.92 Å². The predicted molar refractivity (Wildman–Crippen MR) is 199 cm³/mol. The van der Waals surface area contributed by atoms with Gasteiger partial charge in [0.25, 0.3) is 0 Å². The Balaban J connectivity index is 0.000000329. The fourth-order valence-corrected chi connectivity index (χ4v) is 8.68. The van der Waals surface area contributed by atoms with Crippen molar-refractivity contribution in [3.05, 3.63) is 77.0 Å². The minimum Gasteiger partial charge on any atom is -0.378 e. The maximum absolute atomic E-state index is 6.14. The molecule has 0 radical (unpaired) electrons. The third kappa shape index (κ3) is 12.0. The molecule has 0 amide bonds. The van der Waals surface area contributed by atoms with Gasteiger partial charge < -0.3 is 4.90 Å². The number of hydrogen-bond acceptors (Lipinski definition) is 2. The first kappa shape index (κ1) is 37.5. The van der Waals surface area contributed by atoms with Crippen LogP contribution in [0, 0.1) is 19.8 Å². The van der Waals surface area contributed by atoms with Crippen molar-refractivity contribution in [1.82, 2.24) is 9.21 Å². The van der Waals surface area contributed by atoms with Gasteiger partial charge in [-0.25, -0.2) is 4.31 Å². The van der Waals surface area contributed by atoms with Crippen LogP contribution in [0.5, 0.6) is 0 Å². The molecular weight excluding hydrogens is 564 g/mol. The van der Waals surface area contributed by atoms with Crippen LogP contribution in [0.1, 0.15) is 127 Å². The molecule has 0 N–H and O–H groups in total. The lowest BCUT2D eigenvalue weighted by Gasteiger charge is -2.47. The molecule has 2 aromatic carbocycles. The van der Waals surface area contributed by atoms with Gasteiger partial charge >= 0.3 is 0 Å². The van der Waals surface area contributed by atoms with Crippen LogP contribution >= 0.6 is 21.0 Å². The Labute approximate surface area is 272 Å². The summed E-state index contributed by atoms with van der Waals surface area (Å²) >= 11 is 6.14. The first-order chi connectivity index (χ1) is 20.6. The highest BCUT2D eigenvalue weighted by molar-refractivity contribution is 8.25. The third-order valence-electron chi connectivity index (χ3n) is 9.16. The van der Waals surface area contributed by atoms with Crippen LogP contribution in [0.2, 0.25) is 5.02 Å². The van der Waals surface area contributed by atoms with Gasteiger partial charge in [-0.15, -0.1) is 9.39 Å². The maximum Gasteiger partial charge on any atom is 0.0449 e. The summed E-state index contributed by atoms with van der Waals surface area (Å²) in [4.78, 5) is 3.50. The smallest absolute Gasteiger partial charge is 0.0449 e. The molecule has 2 heterocycles. The van der Waals surface area contributed by atoms with Crippen molar-refractivity contribution in [2.75, 3.05) is 13.1 Å². The minimum absolute atomic E-state index is 0.385. The van der Waals surface area contributed by atoms with Crippen LogP contribution in [0.15, 0.2) is 60.1 Å². The highest BCUT2D eigenvalue weighted by Gasteiger charge is 2.34. The molecule has 0 unspecified atom stereocenters. The van der Waals surface area contributed by atoms with Crippen LogP contribution in [0.3, 0.4) is 0 Å². The van der Waals surface area contributed by atoms with Crippen molar-refractivity contribution in [1.29, 1.82) is 0 Å². The molecule has 2 fully saturated rings. The zero-order valence-corrected chi connectivity index (χ0v) is 30.1. The predicted octanol–water partition coefficient (Wildman–Crippen LogP) is 12.1. The number of halogens is 1. The van der Waals surface area contributed by atoms with Crippen LogP contribution in [0.25, 0.3) is 0 Å². The van der Waals surface area contributed by atoms with Gasteiger partial charge in [-0.2, -0.15) is 0 Å². The number of rotatable bonds is 10. The first-order valence-electron chi connectivity index (χ1n) is 17.1. The standard InChI is InChI=1S/C24H32ClNS.C8H15N.C7H16/c1-6-8-22-9-7-10-24(20-12-11-18(2)19(3)17-20)26(22)27(4,5)23-15-13-21(25)14-16-23;1-3-9-6-4-8(2)5-7-9;1-3-5-7-6-4-2/h11-17,22,24H,4-10H2,1-3H3;3,8H,1,4-7H2,2H3;3-7H2,1-2H3/t22-,24-;;/m0../s1. The van der Waals surface area contributed by atoms with Gasteiger partial charge in [0.2, 0.25) is 0 Å². The normalized spacial score (nSPS) is 19.6. The summed E-state index contributed by atoms with van der Waals surface area (Å²) in [6.07, 6.45) is 17.7. The van der Waals surface area contributed by atoms with Crippen molar-refractivity contribution >= 4 is 32.7 Å². The van der Waals surface area contributed by atoms with Crippen LogP contribution in [0.4, 0.5) is 0 Å². The number of unbranched alkanes of at least 4 members (excludes halogenated alkanes) is 4. The Bertz CT molecular complexity index is 1160. The molecule has 4 rings (SSSR count). The molecule has 2 nitrogen and oxygen atoms in total. The molecule has 0 bridgehead atoms. The number of aryl methyl sites for hydroxylation is 2. The molecule has 2 aliphatic rings. The Morgan fingerprint density at radius 1 is 0.837 bits per heavy atom. The fraction of sp³-hybridized carbons (Fsp3) is 0.590. The van der Waals surface area contributed by atoms with Gasteiger partial charge in [0, 0.05) is 35.1 Å². The molecule has 2 saturated heterocycles. The van der Waals surface area contributed by atoms with E-state index in [1.54, 1.807) is 0 Å². The SMILES string of the molecule is C=CN1CCC(C)CC1.C=S(=C)(c1ccc(Cl)cc1)N1[C@@H](CCC)CCC[C@H]1c1ccc(C)c(C)c1.CCCCCCC. The number of hydrogen-bond donors (Lipinski definition) is 0. The summed E-state index contributed by atoms with van der Waals surface area (Å²) in [5.41, 5.74) is 4.13. The van der Waals surface area contributed by atoms with Crippen molar-refractivity contribution in [3.8, 4) is 0 Å². The Morgan fingerprint density at radius 3 is 2.00 bits per heavy atom. The molecule has 0 saturated carbocycles. The minimum atomic E-state index is -1.60. The molecule has 4 heteroatoms. The van der Waals surface area contributed by atoms with Gasteiger partial charge in [0.1, 0.15) is 0 Å². The summed E-state index contributed by atoms with van der Waals surface area (Å²) in [6, 6.07) is 16.0. The number of nitrogens with zero attached hydrogens (tertiary/aromatic N) is 2. The Morgan fingerprint density at radius 2 is 1.47 bits per heavy atom. The van der Waals surface area contributed by atoms with E-state index in [1.807, 2.05) is 18.3 Å². The molecule has 0 aromatic heterocycles. The summed E-state index contributed by atoms with van der Waals surface area (Å²) < 4.78 is 2.67. The molecule has 2 atom stereocenters. The zero-order valence-electron chi connectivity index (χ0n) is 28.6. The second-order valence-electron chi connectivity index (χ2n) is 12.9. The summed E-state index contributed by atoms with van der Waals surface area (Å²) in [5.74, 6) is 10.3. The van der Waals surface area contributed by atoms with Gasteiger partial charge in [-0.1, -0.05) is 114 Å². The largest absolute Gasteiger partial charge is 0.378 e. The monoisotopic (exact) mass is 626 g/mol. The Hall–Kier alpha value is -1.68. The average Bonchev–Trinajstić information content (AvgIpc) is 3.00. The van der Waals surface area contributed by atoms with Crippen LogP contribution < -0.4 is 0 Å². The van der Waals surface area contributed by atoms with E-state index in [1.165, 1.54) is 112 Å². The number of benzene rings is 2. The van der Waals surface area contributed by atoms with Crippen molar-refractivity contribution in [2.45, 2.75) is 136 Å². The molecule has 0 aliphatic carbocycles. The van der Waals surface area contributed by atoms with Gasteiger partial charge in [-0.05, 0) is 105 Å². The topological polar surface area (TPSA) is 6.48 Å². The number of likely N-dealkylation sites (tertiary alicyclic amines) is 1. The lowest BCUT2D eigenvalue weighted by atomic mass is 9.90. The molecule has 2 aliphatic heterocycles. The molecule has 43 heavy (non-hydrogen) atoms. The summed E-state index contributed by atoms with van der Waals surface area (Å²) in [7, 11) is -1.60.